The molecular weight excluding hydrogens is 282 g/mol. The first-order chi connectivity index (χ1) is 9.25. The highest BCUT2D eigenvalue weighted by atomic mass is 35.5. The molecule has 0 aliphatic heterocycles. The summed E-state index contributed by atoms with van der Waals surface area (Å²) >= 11 is 5.90. The molecule has 5 nitrogen and oxygen atoms in total. The first kappa shape index (κ1) is 16.3. The molecule has 2 N–H and O–H groups in total. The minimum Gasteiger partial charge on any atom is -0.495 e. The average Bonchev–Trinajstić information content (AvgIpc) is 2.36. The molecule has 1 amide bonds. The van der Waals surface area contributed by atoms with Crippen molar-refractivity contribution in [2.75, 3.05) is 7.11 Å². The Labute approximate surface area is 122 Å². The number of aliphatic carboxylic acids is 1. The van der Waals surface area contributed by atoms with Crippen LogP contribution in [0.15, 0.2) is 18.2 Å². The number of rotatable bonds is 6. The Morgan fingerprint density at radius 3 is 2.60 bits per heavy atom. The number of nitrogens with one attached hydrogen (secondary N) is 1. The van der Waals surface area contributed by atoms with Crippen LogP contribution >= 0.6 is 11.6 Å². The van der Waals surface area contributed by atoms with E-state index in [0.29, 0.717) is 22.8 Å². The molecular formula is C14H18ClNO4. The summed E-state index contributed by atoms with van der Waals surface area (Å²) in [5.41, 5.74) is -0.197. The van der Waals surface area contributed by atoms with Crippen LogP contribution in [0.5, 0.6) is 5.75 Å². The zero-order chi connectivity index (χ0) is 15.3. The summed E-state index contributed by atoms with van der Waals surface area (Å²) in [5, 5.41) is 11.9. The molecule has 1 rings (SSSR count). The molecule has 0 radical (unpaired) electrons. The number of benzene rings is 1. The number of hydrogen-bond donors (Lipinski definition) is 2. The second-order valence-electron chi connectivity index (χ2n) is 5.08. The summed E-state index contributed by atoms with van der Waals surface area (Å²) in [7, 11) is 1.47. The van der Waals surface area contributed by atoms with Crippen molar-refractivity contribution in [2.45, 2.75) is 32.2 Å². The highest BCUT2D eigenvalue weighted by Gasteiger charge is 2.22. The SMILES string of the molecule is COc1cc(C(=O)NC(C)(C)CCC(=O)O)ccc1Cl. The van der Waals surface area contributed by atoms with E-state index in [1.807, 2.05) is 0 Å². The molecule has 0 aliphatic rings. The average molecular weight is 300 g/mol. The molecule has 0 saturated heterocycles. The zero-order valence-electron chi connectivity index (χ0n) is 11.7. The van der Waals surface area contributed by atoms with E-state index in [1.165, 1.54) is 7.11 Å². The molecule has 0 saturated carbocycles. The normalized spacial score (nSPS) is 11.0. The molecule has 0 aromatic heterocycles. The molecule has 1 aromatic carbocycles. The van der Waals surface area contributed by atoms with Crippen LogP contribution in [0.25, 0.3) is 0 Å². The first-order valence-corrected chi connectivity index (χ1v) is 6.51. The predicted molar refractivity (Wildman–Crippen MR) is 76.4 cm³/mol. The number of hydrogen-bond acceptors (Lipinski definition) is 3. The second kappa shape index (κ2) is 6.61. The van der Waals surface area contributed by atoms with Crippen LogP contribution < -0.4 is 10.1 Å². The fraction of sp³-hybridized carbons (Fsp3) is 0.429. The first-order valence-electron chi connectivity index (χ1n) is 6.13. The quantitative estimate of drug-likeness (QED) is 0.847. The van der Waals surface area contributed by atoms with E-state index in [9.17, 15) is 9.59 Å². The van der Waals surface area contributed by atoms with Gasteiger partial charge in [0, 0.05) is 17.5 Å². The molecule has 1 aromatic rings. The topological polar surface area (TPSA) is 75.6 Å². The number of carboxylic acid groups (broad SMARTS) is 1. The lowest BCUT2D eigenvalue weighted by molar-refractivity contribution is -0.137. The van der Waals surface area contributed by atoms with Gasteiger partial charge in [0.25, 0.3) is 5.91 Å². The van der Waals surface area contributed by atoms with Crippen LogP contribution in [-0.4, -0.2) is 29.6 Å². The highest BCUT2D eigenvalue weighted by molar-refractivity contribution is 6.32. The number of ether oxygens (including phenoxy) is 1. The van der Waals surface area contributed by atoms with Gasteiger partial charge in [0.15, 0.2) is 0 Å². The Hall–Kier alpha value is -1.75. The van der Waals surface area contributed by atoms with Crippen LogP contribution in [0.4, 0.5) is 0 Å². The van der Waals surface area contributed by atoms with E-state index >= 15 is 0 Å². The number of amides is 1. The van der Waals surface area contributed by atoms with Crippen molar-refractivity contribution in [3.8, 4) is 5.75 Å². The lowest BCUT2D eigenvalue weighted by Gasteiger charge is -2.25. The zero-order valence-corrected chi connectivity index (χ0v) is 12.5. The van der Waals surface area contributed by atoms with Crippen molar-refractivity contribution >= 4 is 23.5 Å². The van der Waals surface area contributed by atoms with Gasteiger partial charge in [-0.05, 0) is 38.5 Å². The third-order valence-electron chi connectivity index (χ3n) is 2.83. The molecule has 6 heteroatoms. The third kappa shape index (κ3) is 4.74. The maximum Gasteiger partial charge on any atom is 0.303 e. The highest BCUT2D eigenvalue weighted by Crippen LogP contribution is 2.25. The van der Waals surface area contributed by atoms with Crippen molar-refractivity contribution in [1.82, 2.24) is 5.32 Å². The van der Waals surface area contributed by atoms with Crippen LogP contribution in [0.2, 0.25) is 5.02 Å². The van der Waals surface area contributed by atoms with E-state index in [4.69, 9.17) is 21.4 Å². The van der Waals surface area contributed by atoms with Crippen molar-refractivity contribution in [3.63, 3.8) is 0 Å². The Bertz CT molecular complexity index is 514. The Morgan fingerprint density at radius 2 is 2.05 bits per heavy atom. The van der Waals surface area contributed by atoms with E-state index in [-0.39, 0.29) is 12.3 Å². The molecule has 0 unspecified atom stereocenters. The van der Waals surface area contributed by atoms with Crippen molar-refractivity contribution in [3.05, 3.63) is 28.8 Å². The summed E-state index contributed by atoms with van der Waals surface area (Å²) < 4.78 is 5.06. The Morgan fingerprint density at radius 1 is 1.40 bits per heavy atom. The maximum atomic E-state index is 12.1. The van der Waals surface area contributed by atoms with Crippen LogP contribution in [0, 0.1) is 0 Å². The van der Waals surface area contributed by atoms with E-state index < -0.39 is 11.5 Å². The van der Waals surface area contributed by atoms with Crippen molar-refractivity contribution in [2.24, 2.45) is 0 Å². The summed E-state index contributed by atoms with van der Waals surface area (Å²) in [6, 6.07) is 4.72. The number of carboxylic acids is 1. The van der Waals surface area contributed by atoms with Gasteiger partial charge in [0.2, 0.25) is 0 Å². The Kier molecular flexibility index (Phi) is 5.39. The summed E-state index contributed by atoms with van der Waals surface area (Å²) in [6.45, 7) is 3.56. The molecule has 0 fully saturated rings. The largest absolute Gasteiger partial charge is 0.495 e. The summed E-state index contributed by atoms with van der Waals surface area (Å²) in [6.07, 6.45) is 0.343. The van der Waals surface area contributed by atoms with Gasteiger partial charge in [0.05, 0.1) is 12.1 Å². The van der Waals surface area contributed by atoms with Gasteiger partial charge in [-0.25, -0.2) is 0 Å². The maximum absolute atomic E-state index is 12.1. The summed E-state index contributed by atoms with van der Waals surface area (Å²) in [5.74, 6) is -0.765. The minimum absolute atomic E-state index is 0.00276. The molecule has 0 atom stereocenters. The summed E-state index contributed by atoms with van der Waals surface area (Å²) in [4.78, 5) is 22.7. The molecule has 0 spiro atoms. The number of carbonyl (C=O) groups excluding carboxylic acids is 1. The van der Waals surface area contributed by atoms with Crippen LogP contribution in [-0.2, 0) is 4.79 Å². The van der Waals surface area contributed by atoms with Gasteiger partial charge in [-0.3, -0.25) is 9.59 Å². The van der Waals surface area contributed by atoms with Gasteiger partial charge >= 0.3 is 5.97 Å². The number of methoxy groups -OCH3 is 1. The van der Waals surface area contributed by atoms with E-state index in [1.54, 1.807) is 32.0 Å². The van der Waals surface area contributed by atoms with Gasteiger partial charge < -0.3 is 15.2 Å². The van der Waals surface area contributed by atoms with Crippen molar-refractivity contribution in [1.29, 1.82) is 0 Å². The number of halogens is 1. The second-order valence-corrected chi connectivity index (χ2v) is 5.49. The third-order valence-corrected chi connectivity index (χ3v) is 3.14. The number of carbonyl (C=O) groups is 2. The fourth-order valence-electron chi connectivity index (χ4n) is 1.66. The molecule has 0 bridgehead atoms. The van der Waals surface area contributed by atoms with Crippen LogP contribution in [0.1, 0.15) is 37.0 Å². The molecule has 110 valence electrons. The van der Waals surface area contributed by atoms with E-state index in [0.717, 1.165) is 0 Å². The van der Waals surface area contributed by atoms with Gasteiger partial charge in [-0.15, -0.1) is 0 Å². The van der Waals surface area contributed by atoms with Crippen LogP contribution in [0.3, 0.4) is 0 Å². The molecule has 0 aliphatic carbocycles. The molecule has 20 heavy (non-hydrogen) atoms. The smallest absolute Gasteiger partial charge is 0.303 e. The van der Waals surface area contributed by atoms with Gasteiger partial charge in [-0.2, -0.15) is 0 Å². The molecule has 0 heterocycles. The standard InChI is InChI=1S/C14H18ClNO4/c1-14(2,7-6-12(17)18)16-13(19)9-4-5-10(15)11(8-9)20-3/h4-5,8H,6-7H2,1-3H3,(H,16,19)(H,17,18). The van der Waals surface area contributed by atoms with Crippen molar-refractivity contribution < 1.29 is 19.4 Å². The monoisotopic (exact) mass is 299 g/mol. The Balaban J connectivity index is 2.77. The van der Waals surface area contributed by atoms with E-state index in [2.05, 4.69) is 5.32 Å². The lowest BCUT2D eigenvalue weighted by Crippen LogP contribution is -2.43. The predicted octanol–water partition coefficient (Wildman–Crippen LogP) is 2.72. The minimum atomic E-state index is -0.888. The van der Waals surface area contributed by atoms with Gasteiger partial charge in [-0.1, -0.05) is 11.6 Å². The fourth-order valence-corrected chi connectivity index (χ4v) is 1.86. The van der Waals surface area contributed by atoms with Gasteiger partial charge in [0.1, 0.15) is 5.75 Å². The lowest BCUT2D eigenvalue weighted by atomic mass is 9.97.